The van der Waals surface area contributed by atoms with Crippen LogP contribution in [0.2, 0.25) is 0 Å². The van der Waals surface area contributed by atoms with Crippen molar-refractivity contribution < 1.29 is 23.5 Å². The van der Waals surface area contributed by atoms with Crippen LogP contribution in [0.3, 0.4) is 0 Å². The van der Waals surface area contributed by atoms with Crippen LogP contribution in [0.4, 0.5) is 0 Å². The highest BCUT2D eigenvalue weighted by Crippen LogP contribution is 2.13. The van der Waals surface area contributed by atoms with E-state index in [0.717, 1.165) is 0 Å². The fourth-order valence-corrected chi connectivity index (χ4v) is 3.41. The summed E-state index contributed by atoms with van der Waals surface area (Å²) in [6.45, 7) is 5.19. The minimum absolute atomic E-state index is 0.0129. The van der Waals surface area contributed by atoms with Crippen molar-refractivity contribution >= 4 is 28.9 Å². The third-order valence-electron chi connectivity index (χ3n) is 5.03. The molecular formula is C20H25N3O6. The summed E-state index contributed by atoms with van der Waals surface area (Å²) >= 11 is 0. The maximum atomic E-state index is 12.4. The first kappa shape index (κ1) is 20.6. The summed E-state index contributed by atoms with van der Waals surface area (Å²) in [5, 5.41) is 0. The van der Waals surface area contributed by atoms with Crippen LogP contribution in [0, 0.1) is 0 Å². The highest BCUT2D eigenvalue weighted by molar-refractivity contribution is 5.84. The van der Waals surface area contributed by atoms with E-state index in [1.54, 1.807) is 34.9 Å². The molecule has 9 nitrogen and oxygen atoms in total. The lowest BCUT2D eigenvalue weighted by molar-refractivity contribution is -0.160. The van der Waals surface area contributed by atoms with E-state index < -0.39 is 17.8 Å². The first-order valence-corrected chi connectivity index (χ1v) is 9.69. The molecule has 1 saturated heterocycles. The molecule has 0 radical (unpaired) electrons. The van der Waals surface area contributed by atoms with E-state index in [4.69, 9.17) is 9.15 Å². The average molecular weight is 403 g/mol. The monoisotopic (exact) mass is 403 g/mol. The fourth-order valence-electron chi connectivity index (χ4n) is 3.41. The van der Waals surface area contributed by atoms with Gasteiger partial charge in [-0.15, -0.1) is 0 Å². The Morgan fingerprint density at radius 3 is 2.45 bits per heavy atom. The zero-order valence-electron chi connectivity index (χ0n) is 16.6. The maximum Gasteiger partial charge on any atom is 0.419 e. The number of esters is 1. The molecule has 0 bridgehead atoms. The number of hydrogen-bond acceptors (Lipinski definition) is 6. The fraction of sp³-hybridized carbons (Fsp3) is 0.500. The zero-order valence-corrected chi connectivity index (χ0v) is 16.6. The van der Waals surface area contributed by atoms with E-state index in [0.29, 0.717) is 50.2 Å². The van der Waals surface area contributed by atoms with Crippen molar-refractivity contribution in [1.29, 1.82) is 0 Å². The molecule has 1 aliphatic rings. The van der Waals surface area contributed by atoms with Gasteiger partial charge in [0.05, 0.1) is 5.52 Å². The van der Waals surface area contributed by atoms with Gasteiger partial charge in [0, 0.05) is 46.1 Å². The van der Waals surface area contributed by atoms with Crippen LogP contribution in [0.25, 0.3) is 11.1 Å². The predicted molar refractivity (Wildman–Crippen MR) is 104 cm³/mol. The Morgan fingerprint density at radius 1 is 1.10 bits per heavy atom. The molecule has 2 amide bonds. The van der Waals surface area contributed by atoms with Gasteiger partial charge in [0.2, 0.25) is 5.91 Å². The number of nitrogens with zero attached hydrogens (tertiary/aromatic N) is 3. The largest absolute Gasteiger partial charge is 0.453 e. The van der Waals surface area contributed by atoms with Gasteiger partial charge in [-0.3, -0.25) is 19.0 Å². The van der Waals surface area contributed by atoms with E-state index >= 15 is 0 Å². The lowest BCUT2D eigenvalue weighted by atomic mass is 10.2. The maximum absolute atomic E-state index is 12.4. The Kier molecular flexibility index (Phi) is 6.36. The average Bonchev–Trinajstić information content (AvgIpc) is 3.02. The summed E-state index contributed by atoms with van der Waals surface area (Å²) in [5.74, 6) is -1.23. The van der Waals surface area contributed by atoms with Crippen molar-refractivity contribution in [2.75, 3.05) is 26.2 Å². The summed E-state index contributed by atoms with van der Waals surface area (Å²) < 4.78 is 11.9. The highest BCUT2D eigenvalue weighted by Gasteiger charge is 2.27. The standard InChI is InChI=1S/C20H25N3O6/c1-14(19(26)22-12-10-21(11-13-22)15(2)24)28-18(25)8-5-9-23-16-6-3-4-7-17(16)29-20(23)27/h3-4,6-7,14H,5,8-13H2,1-2H3. The number of para-hydroxylation sites is 2. The first-order chi connectivity index (χ1) is 13.9. The number of rotatable bonds is 6. The Balaban J connectivity index is 1.45. The van der Waals surface area contributed by atoms with Gasteiger partial charge >= 0.3 is 11.7 Å². The number of aromatic nitrogens is 1. The number of amides is 2. The molecule has 0 N–H and O–H groups in total. The van der Waals surface area contributed by atoms with Gasteiger partial charge in [-0.25, -0.2) is 4.79 Å². The number of ether oxygens (including phenoxy) is 1. The number of hydrogen-bond donors (Lipinski definition) is 0. The van der Waals surface area contributed by atoms with Gasteiger partial charge in [0.25, 0.3) is 5.91 Å². The minimum atomic E-state index is -0.885. The summed E-state index contributed by atoms with van der Waals surface area (Å²) in [7, 11) is 0. The van der Waals surface area contributed by atoms with Gasteiger partial charge in [0.15, 0.2) is 11.7 Å². The molecule has 0 saturated carbocycles. The summed E-state index contributed by atoms with van der Waals surface area (Å²) in [5.41, 5.74) is 1.18. The van der Waals surface area contributed by atoms with Crippen LogP contribution in [-0.2, 0) is 25.7 Å². The predicted octanol–water partition coefficient (Wildman–Crippen LogP) is 0.997. The van der Waals surface area contributed by atoms with Gasteiger partial charge in [-0.1, -0.05) is 12.1 Å². The second kappa shape index (κ2) is 8.93. The van der Waals surface area contributed by atoms with Crippen molar-refractivity contribution in [3.8, 4) is 0 Å². The van der Waals surface area contributed by atoms with E-state index in [2.05, 4.69) is 0 Å². The first-order valence-electron chi connectivity index (χ1n) is 9.69. The van der Waals surface area contributed by atoms with Crippen molar-refractivity contribution in [2.45, 2.75) is 39.3 Å². The van der Waals surface area contributed by atoms with Gasteiger partial charge in [0.1, 0.15) is 0 Å². The number of benzene rings is 1. The molecule has 1 aromatic heterocycles. The molecule has 2 heterocycles. The Hall–Kier alpha value is -3.10. The molecule has 3 rings (SSSR count). The van der Waals surface area contributed by atoms with Crippen LogP contribution < -0.4 is 5.76 Å². The lowest BCUT2D eigenvalue weighted by Gasteiger charge is -2.35. The Bertz CT molecular complexity index is 955. The van der Waals surface area contributed by atoms with Crippen molar-refractivity contribution in [3.63, 3.8) is 0 Å². The number of fused-ring (bicyclic) bond motifs is 1. The van der Waals surface area contributed by atoms with Gasteiger partial charge in [-0.05, 0) is 25.5 Å². The van der Waals surface area contributed by atoms with E-state index in [1.165, 1.54) is 11.5 Å². The van der Waals surface area contributed by atoms with Crippen molar-refractivity contribution in [2.24, 2.45) is 0 Å². The molecule has 156 valence electrons. The van der Waals surface area contributed by atoms with Crippen molar-refractivity contribution in [1.82, 2.24) is 14.4 Å². The molecule has 29 heavy (non-hydrogen) atoms. The molecular weight excluding hydrogens is 378 g/mol. The van der Waals surface area contributed by atoms with Crippen LogP contribution in [0.1, 0.15) is 26.7 Å². The smallest absolute Gasteiger partial charge is 0.419 e. The third-order valence-corrected chi connectivity index (χ3v) is 5.03. The zero-order chi connectivity index (χ0) is 21.0. The molecule has 1 aliphatic heterocycles. The second-order valence-corrected chi connectivity index (χ2v) is 7.05. The normalized spacial score (nSPS) is 15.4. The molecule has 0 aliphatic carbocycles. The minimum Gasteiger partial charge on any atom is -0.453 e. The highest BCUT2D eigenvalue weighted by atomic mass is 16.5. The molecule has 1 atom stereocenters. The number of carbonyl (C=O) groups excluding carboxylic acids is 3. The van der Waals surface area contributed by atoms with E-state index in [9.17, 15) is 19.2 Å². The van der Waals surface area contributed by atoms with Crippen LogP contribution in [0.15, 0.2) is 33.5 Å². The van der Waals surface area contributed by atoms with Crippen molar-refractivity contribution in [3.05, 3.63) is 34.8 Å². The molecule has 9 heteroatoms. The topological polar surface area (TPSA) is 102 Å². The summed E-state index contributed by atoms with van der Waals surface area (Å²) in [6, 6.07) is 7.09. The molecule has 2 aromatic rings. The lowest BCUT2D eigenvalue weighted by Crippen LogP contribution is -2.52. The number of piperazine rings is 1. The molecule has 1 unspecified atom stereocenters. The van der Waals surface area contributed by atoms with Gasteiger partial charge in [-0.2, -0.15) is 0 Å². The van der Waals surface area contributed by atoms with E-state index in [1.807, 2.05) is 6.07 Å². The molecule has 1 fully saturated rings. The van der Waals surface area contributed by atoms with Crippen LogP contribution in [-0.4, -0.2) is 64.4 Å². The molecule has 0 spiro atoms. The third kappa shape index (κ3) is 4.85. The Morgan fingerprint density at radius 2 is 1.76 bits per heavy atom. The number of carbonyl (C=O) groups is 3. The quantitative estimate of drug-likeness (QED) is 0.667. The summed E-state index contributed by atoms with van der Waals surface area (Å²) in [6.07, 6.45) is -0.411. The Labute approximate surface area is 167 Å². The number of oxazole rings is 1. The van der Waals surface area contributed by atoms with Gasteiger partial charge < -0.3 is 19.0 Å². The summed E-state index contributed by atoms with van der Waals surface area (Å²) in [4.78, 5) is 51.1. The van der Waals surface area contributed by atoms with E-state index in [-0.39, 0.29) is 18.2 Å². The SMILES string of the molecule is CC(=O)N1CCN(C(=O)C(C)OC(=O)CCCn2c(=O)oc3ccccc32)CC1. The van der Waals surface area contributed by atoms with Crippen LogP contribution in [0.5, 0.6) is 0 Å². The molecule has 1 aromatic carbocycles. The number of aryl methyl sites for hydroxylation is 1. The second-order valence-electron chi connectivity index (χ2n) is 7.05. The van der Waals surface area contributed by atoms with Crippen LogP contribution >= 0.6 is 0 Å².